The minimum atomic E-state index is -0.684. The van der Waals surface area contributed by atoms with E-state index >= 15 is 4.39 Å². The first kappa shape index (κ1) is 17.6. The van der Waals surface area contributed by atoms with E-state index in [-0.39, 0.29) is 33.7 Å². The van der Waals surface area contributed by atoms with Crippen LogP contribution < -0.4 is 15.7 Å². The Hall–Kier alpha value is -3.51. The van der Waals surface area contributed by atoms with E-state index in [4.69, 9.17) is 10.00 Å². The summed E-state index contributed by atoms with van der Waals surface area (Å²) in [7, 11) is 1.41. The fourth-order valence-electron chi connectivity index (χ4n) is 3.72. The van der Waals surface area contributed by atoms with Crippen molar-refractivity contribution >= 4 is 32.7 Å². The molecule has 5 rings (SSSR count). The van der Waals surface area contributed by atoms with Gasteiger partial charge in [0.1, 0.15) is 22.1 Å². The summed E-state index contributed by atoms with van der Waals surface area (Å²) >= 11 is 1.09. The predicted octanol–water partition coefficient (Wildman–Crippen LogP) is 3.32. The van der Waals surface area contributed by atoms with Crippen molar-refractivity contribution in [3.8, 4) is 22.9 Å². The molecule has 3 heterocycles. The Morgan fingerprint density at radius 3 is 2.83 bits per heavy atom. The topological polar surface area (TPSA) is 101 Å². The number of nitriles is 1. The third kappa shape index (κ3) is 2.49. The summed E-state index contributed by atoms with van der Waals surface area (Å²) in [5.41, 5.74) is 0.227. The van der Waals surface area contributed by atoms with Gasteiger partial charge in [-0.2, -0.15) is 5.26 Å². The van der Waals surface area contributed by atoms with E-state index in [0.717, 1.165) is 30.4 Å². The normalized spacial score (nSPS) is 13.7. The standard InChI is InChI=1S/C20H13FN4O3S/c1-28-18-14(10-4-9(6-22)7-23-8-10)13(21)5-12-16(18)25(11-2-3-11)20-15(17(12)26)19(27)24-29-20/h4-5,7-8,11H,2-3H2,1H3,(H,24,27). The Balaban J connectivity index is 2.00. The van der Waals surface area contributed by atoms with E-state index in [2.05, 4.69) is 9.36 Å². The zero-order chi connectivity index (χ0) is 20.3. The van der Waals surface area contributed by atoms with E-state index < -0.39 is 16.8 Å². The fraction of sp³-hybridized carbons (Fsp3) is 0.200. The maximum Gasteiger partial charge on any atom is 0.271 e. The molecule has 0 radical (unpaired) electrons. The minimum Gasteiger partial charge on any atom is -0.494 e. The molecule has 144 valence electrons. The highest BCUT2D eigenvalue weighted by atomic mass is 32.1. The van der Waals surface area contributed by atoms with Crippen molar-refractivity contribution in [2.75, 3.05) is 7.11 Å². The summed E-state index contributed by atoms with van der Waals surface area (Å²) in [4.78, 5) is 29.8. The van der Waals surface area contributed by atoms with Crippen LogP contribution in [0.3, 0.4) is 0 Å². The van der Waals surface area contributed by atoms with Gasteiger partial charge in [-0.25, -0.2) is 4.39 Å². The number of benzene rings is 1. The van der Waals surface area contributed by atoms with Gasteiger partial charge in [0.25, 0.3) is 5.56 Å². The number of aromatic nitrogens is 3. The SMILES string of the molecule is COc1c(-c2cncc(C#N)c2)c(F)cc2c(=O)c3c(=O)[nH]sc3n(C3CC3)c12. The lowest BCUT2D eigenvalue weighted by Crippen LogP contribution is -2.16. The summed E-state index contributed by atoms with van der Waals surface area (Å²) < 4.78 is 25.3. The van der Waals surface area contributed by atoms with E-state index in [1.165, 1.54) is 25.6 Å². The Labute approximate surface area is 166 Å². The number of ether oxygens (including phenoxy) is 1. The van der Waals surface area contributed by atoms with Gasteiger partial charge in [0.2, 0.25) is 5.43 Å². The van der Waals surface area contributed by atoms with Crippen molar-refractivity contribution in [3.05, 3.63) is 56.5 Å². The molecule has 7 nitrogen and oxygen atoms in total. The van der Waals surface area contributed by atoms with Gasteiger partial charge in [-0.3, -0.25) is 18.9 Å². The first-order valence-electron chi connectivity index (χ1n) is 8.86. The van der Waals surface area contributed by atoms with E-state index in [1.54, 1.807) is 0 Å². The number of H-pyrrole nitrogens is 1. The largest absolute Gasteiger partial charge is 0.494 e. The Morgan fingerprint density at radius 2 is 2.14 bits per heavy atom. The van der Waals surface area contributed by atoms with Gasteiger partial charge in [0.15, 0.2) is 5.75 Å². The molecule has 29 heavy (non-hydrogen) atoms. The monoisotopic (exact) mass is 408 g/mol. The second kappa shape index (κ2) is 6.25. The second-order valence-electron chi connectivity index (χ2n) is 6.88. The first-order valence-corrected chi connectivity index (χ1v) is 9.68. The Kier molecular flexibility index (Phi) is 3.79. The molecule has 3 aromatic heterocycles. The average molecular weight is 408 g/mol. The molecule has 0 bridgehead atoms. The van der Waals surface area contributed by atoms with Gasteiger partial charge < -0.3 is 9.30 Å². The van der Waals surface area contributed by atoms with E-state index in [1.807, 2.05) is 10.6 Å². The van der Waals surface area contributed by atoms with Crippen LogP contribution in [0.15, 0.2) is 34.1 Å². The molecule has 0 amide bonds. The van der Waals surface area contributed by atoms with Crippen LogP contribution >= 0.6 is 11.5 Å². The van der Waals surface area contributed by atoms with Crippen molar-refractivity contribution in [3.63, 3.8) is 0 Å². The summed E-state index contributed by atoms with van der Waals surface area (Å²) in [6.45, 7) is 0. The van der Waals surface area contributed by atoms with Crippen LogP contribution in [-0.2, 0) is 0 Å². The van der Waals surface area contributed by atoms with Gasteiger partial charge in [-0.15, -0.1) is 0 Å². The quantitative estimate of drug-likeness (QED) is 0.560. The minimum absolute atomic E-state index is 0.0387. The van der Waals surface area contributed by atoms with Gasteiger partial charge in [0.05, 0.1) is 29.1 Å². The molecule has 0 unspecified atom stereocenters. The number of hydrogen-bond donors (Lipinski definition) is 1. The molecule has 4 aromatic rings. The van der Waals surface area contributed by atoms with Crippen LogP contribution in [0.25, 0.3) is 32.2 Å². The average Bonchev–Trinajstić information content (AvgIpc) is 3.49. The van der Waals surface area contributed by atoms with E-state index in [9.17, 15) is 9.59 Å². The van der Waals surface area contributed by atoms with Crippen LogP contribution in [0.2, 0.25) is 0 Å². The van der Waals surface area contributed by atoms with Gasteiger partial charge in [-0.1, -0.05) is 0 Å². The van der Waals surface area contributed by atoms with Crippen LogP contribution in [0.4, 0.5) is 4.39 Å². The summed E-state index contributed by atoms with van der Waals surface area (Å²) in [6.07, 6.45) is 4.61. The first-order chi connectivity index (χ1) is 14.0. The Morgan fingerprint density at radius 1 is 1.34 bits per heavy atom. The molecule has 1 aliphatic rings. The third-order valence-corrected chi connectivity index (χ3v) is 5.97. The maximum atomic E-state index is 15.2. The number of methoxy groups -OCH3 is 1. The highest BCUT2D eigenvalue weighted by Gasteiger charge is 2.32. The van der Waals surface area contributed by atoms with E-state index in [0.29, 0.717) is 15.9 Å². The highest BCUT2D eigenvalue weighted by Crippen LogP contribution is 2.45. The lowest BCUT2D eigenvalue weighted by atomic mass is 10.0. The number of halogens is 1. The fourth-order valence-corrected chi connectivity index (χ4v) is 4.63. The lowest BCUT2D eigenvalue weighted by molar-refractivity contribution is 0.416. The third-order valence-electron chi connectivity index (χ3n) is 5.09. The summed E-state index contributed by atoms with van der Waals surface area (Å²) in [6, 6.07) is 4.75. The molecule has 1 saturated carbocycles. The zero-order valence-corrected chi connectivity index (χ0v) is 16.0. The van der Waals surface area contributed by atoms with Crippen LogP contribution in [0, 0.1) is 17.1 Å². The molecule has 1 aromatic carbocycles. The number of rotatable bonds is 3. The maximum absolute atomic E-state index is 15.2. The summed E-state index contributed by atoms with van der Waals surface area (Å²) in [5.74, 6) is -0.500. The molecule has 0 saturated heterocycles. The van der Waals surface area contributed by atoms with Crippen molar-refractivity contribution in [1.29, 1.82) is 5.26 Å². The molecule has 0 atom stereocenters. The number of pyridine rings is 2. The van der Waals surface area contributed by atoms with Crippen molar-refractivity contribution in [2.24, 2.45) is 0 Å². The van der Waals surface area contributed by atoms with Crippen molar-refractivity contribution in [2.45, 2.75) is 18.9 Å². The highest BCUT2D eigenvalue weighted by molar-refractivity contribution is 7.12. The van der Waals surface area contributed by atoms with Gasteiger partial charge >= 0.3 is 0 Å². The molecular formula is C20H13FN4O3S. The molecule has 1 aliphatic carbocycles. The molecule has 9 heteroatoms. The zero-order valence-electron chi connectivity index (χ0n) is 15.2. The predicted molar refractivity (Wildman–Crippen MR) is 107 cm³/mol. The van der Waals surface area contributed by atoms with Crippen molar-refractivity contribution < 1.29 is 9.13 Å². The summed E-state index contributed by atoms with van der Waals surface area (Å²) in [5, 5.41) is 9.30. The number of nitrogens with zero attached hydrogens (tertiary/aromatic N) is 3. The van der Waals surface area contributed by atoms with Crippen LogP contribution in [0.1, 0.15) is 24.4 Å². The van der Waals surface area contributed by atoms with Gasteiger partial charge in [-0.05, 0) is 36.5 Å². The molecule has 1 fully saturated rings. The van der Waals surface area contributed by atoms with Crippen molar-refractivity contribution in [1.82, 2.24) is 13.9 Å². The number of hydrogen-bond acceptors (Lipinski definition) is 6. The van der Waals surface area contributed by atoms with Gasteiger partial charge in [0, 0.05) is 24.0 Å². The van der Waals surface area contributed by atoms with Crippen LogP contribution in [0.5, 0.6) is 5.75 Å². The Bertz CT molecular complexity index is 1470. The smallest absolute Gasteiger partial charge is 0.271 e. The number of nitrogens with one attached hydrogen (secondary N) is 1. The molecule has 1 N–H and O–H groups in total. The second-order valence-corrected chi connectivity index (χ2v) is 7.68. The molecular weight excluding hydrogens is 395 g/mol. The molecule has 0 spiro atoms. The number of aromatic amines is 1. The lowest BCUT2D eigenvalue weighted by Gasteiger charge is -2.18. The molecule has 0 aliphatic heterocycles. The number of fused-ring (bicyclic) bond motifs is 2. The van der Waals surface area contributed by atoms with Crippen LogP contribution in [-0.4, -0.2) is 21.0 Å².